The number of halogens is 1. The molecule has 9 nitrogen and oxygen atoms in total. The summed E-state index contributed by atoms with van der Waals surface area (Å²) in [5.41, 5.74) is 0.354. The molecule has 0 fully saturated rings. The molecule has 0 radical (unpaired) electrons. The molecule has 3 aromatic rings. The molecule has 1 N–H and O–H groups in total. The van der Waals surface area contributed by atoms with Crippen LogP contribution >= 0.6 is 11.6 Å². The van der Waals surface area contributed by atoms with E-state index < -0.39 is 14.9 Å². The third-order valence-electron chi connectivity index (χ3n) is 3.35. The number of hydrogen-bond acceptors (Lipinski definition) is 7. The second-order valence-corrected chi connectivity index (χ2v) is 7.24. The molecule has 1 heterocycles. The lowest BCUT2D eigenvalue weighted by molar-refractivity contribution is -0.384. The Morgan fingerprint density at radius 1 is 1.15 bits per heavy atom. The van der Waals surface area contributed by atoms with Crippen LogP contribution in [-0.2, 0) is 16.6 Å². The second kappa shape index (κ2) is 7.20. The Kier molecular flexibility index (Phi) is 4.98. The van der Waals surface area contributed by atoms with E-state index in [1.807, 2.05) is 0 Å². The largest absolute Gasteiger partial charge is 0.338 e. The van der Waals surface area contributed by atoms with E-state index in [1.54, 1.807) is 24.3 Å². The molecule has 0 atom stereocenters. The van der Waals surface area contributed by atoms with Crippen molar-refractivity contribution in [2.45, 2.75) is 11.4 Å². The summed E-state index contributed by atoms with van der Waals surface area (Å²) >= 11 is 6.05. The summed E-state index contributed by atoms with van der Waals surface area (Å²) in [5.74, 6) is 0.283. The lowest BCUT2D eigenvalue weighted by atomic mass is 10.2. The van der Waals surface area contributed by atoms with Gasteiger partial charge in [-0.15, -0.1) is 0 Å². The molecular weight excluding hydrogens is 384 g/mol. The number of nitrogens with zero attached hydrogens (tertiary/aromatic N) is 3. The predicted molar refractivity (Wildman–Crippen MR) is 91.9 cm³/mol. The highest BCUT2D eigenvalue weighted by Gasteiger charge is 2.18. The minimum atomic E-state index is -3.89. The first-order valence-electron chi connectivity index (χ1n) is 7.18. The van der Waals surface area contributed by atoms with Crippen molar-refractivity contribution < 1.29 is 17.9 Å². The number of nitrogens with one attached hydrogen (secondary N) is 1. The summed E-state index contributed by atoms with van der Waals surface area (Å²) in [5, 5.41) is 14.8. The van der Waals surface area contributed by atoms with E-state index in [4.69, 9.17) is 16.1 Å². The summed E-state index contributed by atoms with van der Waals surface area (Å²) in [6, 6.07) is 11.4. The summed E-state index contributed by atoms with van der Waals surface area (Å²) in [4.78, 5) is 14.0. The van der Waals surface area contributed by atoms with Gasteiger partial charge >= 0.3 is 0 Å². The van der Waals surface area contributed by atoms with Crippen molar-refractivity contribution in [3.8, 4) is 11.4 Å². The molecule has 3 rings (SSSR count). The number of sulfonamides is 1. The Morgan fingerprint density at radius 3 is 2.50 bits per heavy atom. The molecule has 0 unspecified atom stereocenters. The van der Waals surface area contributed by atoms with E-state index in [0.29, 0.717) is 10.6 Å². The van der Waals surface area contributed by atoms with Crippen molar-refractivity contribution >= 4 is 27.3 Å². The van der Waals surface area contributed by atoms with E-state index in [1.165, 1.54) is 0 Å². The van der Waals surface area contributed by atoms with Crippen LogP contribution in [0.2, 0.25) is 5.02 Å². The fraction of sp³-hybridized carbons (Fsp3) is 0.0667. The molecule has 0 bridgehead atoms. The van der Waals surface area contributed by atoms with Crippen molar-refractivity contribution in [1.82, 2.24) is 14.9 Å². The van der Waals surface area contributed by atoms with Crippen LogP contribution in [0.1, 0.15) is 5.89 Å². The maximum absolute atomic E-state index is 12.2. The van der Waals surface area contributed by atoms with Gasteiger partial charge in [0.05, 0.1) is 21.4 Å². The van der Waals surface area contributed by atoms with Crippen LogP contribution in [0.4, 0.5) is 5.69 Å². The first-order valence-corrected chi connectivity index (χ1v) is 9.04. The summed E-state index contributed by atoms with van der Waals surface area (Å²) < 4.78 is 31.8. The molecule has 26 heavy (non-hydrogen) atoms. The number of rotatable bonds is 6. The van der Waals surface area contributed by atoms with Gasteiger partial charge in [-0.05, 0) is 24.3 Å². The zero-order valence-electron chi connectivity index (χ0n) is 13.0. The van der Waals surface area contributed by atoms with Crippen molar-refractivity contribution in [2.75, 3.05) is 0 Å². The minimum Gasteiger partial charge on any atom is -0.338 e. The van der Waals surface area contributed by atoms with Crippen molar-refractivity contribution in [3.63, 3.8) is 0 Å². The number of hydrogen-bond donors (Lipinski definition) is 1. The zero-order chi connectivity index (χ0) is 18.7. The van der Waals surface area contributed by atoms with Crippen molar-refractivity contribution in [2.24, 2.45) is 0 Å². The van der Waals surface area contributed by atoms with Gasteiger partial charge in [0.2, 0.25) is 21.7 Å². The van der Waals surface area contributed by atoms with Crippen LogP contribution in [0.15, 0.2) is 57.9 Å². The normalized spacial score (nSPS) is 11.4. The molecule has 134 valence electrons. The lowest BCUT2D eigenvalue weighted by Crippen LogP contribution is -2.23. The van der Waals surface area contributed by atoms with Gasteiger partial charge in [0.25, 0.3) is 5.69 Å². The highest BCUT2D eigenvalue weighted by Crippen LogP contribution is 2.25. The van der Waals surface area contributed by atoms with E-state index in [-0.39, 0.29) is 28.8 Å². The third-order valence-corrected chi connectivity index (χ3v) is 5.10. The maximum atomic E-state index is 12.2. The Morgan fingerprint density at radius 2 is 1.85 bits per heavy atom. The maximum Gasteiger partial charge on any atom is 0.269 e. The van der Waals surface area contributed by atoms with Gasteiger partial charge in [0, 0.05) is 17.7 Å². The number of benzene rings is 2. The number of non-ortho nitro benzene ring substituents is 1. The van der Waals surface area contributed by atoms with Crippen LogP contribution in [0, 0.1) is 10.1 Å². The van der Waals surface area contributed by atoms with Gasteiger partial charge in [-0.3, -0.25) is 10.1 Å². The van der Waals surface area contributed by atoms with Crippen LogP contribution in [-0.4, -0.2) is 23.5 Å². The topological polar surface area (TPSA) is 128 Å². The molecule has 1 aromatic heterocycles. The van der Waals surface area contributed by atoms with E-state index in [0.717, 1.165) is 24.3 Å². The molecule has 0 aliphatic carbocycles. The summed E-state index contributed by atoms with van der Waals surface area (Å²) in [6.07, 6.45) is 0. The van der Waals surface area contributed by atoms with Gasteiger partial charge in [-0.25, -0.2) is 13.1 Å². The van der Waals surface area contributed by atoms with Gasteiger partial charge < -0.3 is 4.52 Å². The third kappa shape index (κ3) is 3.87. The smallest absolute Gasteiger partial charge is 0.269 e. The molecule has 0 aliphatic heterocycles. The second-order valence-electron chi connectivity index (χ2n) is 5.07. The monoisotopic (exact) mass is 394 g/mol. The van der Waals surface area contributed by atoms with Crippen molar-refractivity contribution in [3.05, 3.63) is 69.6 Å². The van der Waals surface area contributed by atoms with E-state index in [2.05, 4.69) is 14.9 Å². The van der Waals surface area contributed by atoms with Crippen LogP contribution < -0.4 is 4.72 Å². The fourth-order valence-corrected chi connectivity index (χ4v) is 3.26. The highest BCUT2D eigenvalue weighted by molar-refractivity contribution is 7.89. The van der Waals surface area contributed by atoms with E-state index in [9.17, 15) is 18.5 Å². The molecular formula is C15H11ClN4O5S. The minimum absolute atomic E-state index is 0.0467. The summed E-state index contributed by atoms with van der Waals surface area (Å²) in [6.45, 7) is -0.239. The molecule has 0 saturated heterocycles. The molecule has 11 heteroatoms. The van der Waals surface area contributed by atoms with E-state index >= 15 is 0 Å². The Bertz CT molecular complexity index is 1050. The van der Waals surface area contributed by atoms with Gasteiger partial charge in [-0.1, -0.05) is 28.9 Å². The Hall–Kier alpha value is -2.82. The van der Waals surface area contributed by atoms with Crippen LogP contribution in [0.25, 0.3) is 11.4 Å². The Balaban J connectivity index is 1.72. The molecule has 0 spiro atoms. The standard InChI is InChI=1S/C15H11ClN4O5S/c16-13-4-2-1-3-12(13)15-18-14(25-19-15)9-17-26(23,24)11-7-5-10(6-8-11)20(21)22/h1-8,17H,9H2. The molecule has 0 amide bonds. The first kappa shape index (κ1) is 18.0. The fourth-order valence-electron chi connectivity index (χ4n) is 2.07. The number of nitro groups is 1. The molecule has 0 saturated carbocycles. The number of nitro benzene ring substituents is 1. The highest BCUT2D eigenvalue weighted by atomic mass is 35.5. The quantitative estimate of drug-likeness (QED) is 0.502. The van der Waals surface area contributed by atoms with Gasteiger partial charge in [0.1, 0.15) is 0 Å². The van der Waals surface area contributed by atoms with Crippen LogP contribution in [0.5, 0.6) is 0 Å². The first-order chi connectivity index (χ1) is 12.4. The van der Waals surface area contributed by atoms with Gasteiger partial charge in [0.15, 0.2) is 0 Å². The van der Waals surface area contributed by atoms with Crippen molar-refractivity contribution in [1.29, 1.82) is 0 Å². The predicted octanol–water partition coefficient (Wildman–Crippen LogP) is 2.78. The molecule has 2 aromatic carbocycles. The average molecular weight is 395 g/mol. The SMILES string of the molecule is O=[N+]([O-])c1ccc(S(=O)(=O)NCc2nc(-c3ccccc3Cl)no2)cc1. The van der Waals surface area contributed by atoms with Crippen LogP contribution in [0.3, 0.4) is 0 Å². The molecule has 0 aliphatic rings. The zero-order valence-corrected chi connectivity index (χ0v) is 14.6. The average Bonchev–Trinajstić information content (AvgIpc) is 3.09. The summed E-state index contributed by atoms with van der Waals surface area (Å²) in [7, 11) is -3.89. The lowest BCUT2D eigenvalue weighted by Gasteiger charge is -2.04. The Labute approximate surface area is 152 Å². The number of aromatic nitrogens is 2. The van der Waals surface area contributed by atoms with Gasteiger partial charge in [-0.2, -0.15) is 4.98 Å².